The van der Waals surface area contributed by atoms with Gasteiger partial charge >= 0.3 is 6.85 Å². The van der Waals surface area contributed by atoms with Gasteiger partial charge in [-0.3, -0.25) is 0 Å². The molecule has 0 saturated heterocycles. The van der Waals surface area contributed by atoms with E-state index in [0.29, 0.717) is 0 Å². The molecule has 2 aliphatic heterocycles. The van der Waals surface area contributed by atoms with Gasteiger partial charge in [0.2, 0.25) is 0 Å². The first kappa shape index (κ1) is 50.6. The molecule has 0 atom stereocenters. The maximum atomic E-state index is 2.70. The van der Waals surface area contributed by atoms with E-state index in [9.17, 15) is 0 Å². The van der Waals surface area contributed by atoms with Crippen molar-refractivity contribution in [2.45, 2.75) is 105 Å². The summed E-state index contributed by atoms with van der Waals surface area (Å²) in [5.41, 5.74) is 22.1. The van der Waals surface area contributed by atoms with E-state index in [4.69, 9.17) is 0 Å². The zero-order chi connectivity index (χ0) is 54.9. The van der Waals surface area contributed by atoms with Gasteiger partial charge in [-0.25, -0.2) is 0 Å². The minimum atomic E-state index is -0.202. The van der Waals surface area contributed by atoms with Crippen molar-refractivity contribution in [2.24, 2.45) is 0 Å². The van der Waals surface area contributed by atoms with Crippen molar-refractivity contribution >= 4 is 106 Å². The van der Waals surface area contributed by atoms with E-state index in [1.807, 2.05) is 11.3 Å². The Kier molecular flexibility index (Phi) is 11.8. The molecule has 11 aromatic rings. The largest absolute Gasteiger partial charge is 0.376 e. The normalized spacial score (nSPS) is 13.5. The fraction of sp³-hybridized carbons (Fsp3) is 0.216. The minimum absolute atomic E-state index is 0.0156. The number of anilines is 8. The highest BCUT2D eigenvalue weighted by Crippen LogP contribution is 2.55. The zero-order valence-electron chi connectivity index (χ0n) is 48.0. The molecule has 0 saturated carbocycles. The van der Waals surface area contributed by atoms with Crippen LogP contribution >= 0.6 is 11.3 Å². The first-order valence-corrected chi connectivity index (χ1v) is 29.1. The molecule has 0 unspecified atom stereocenters. The molecule has 0 amide bonds. The highest BCUT2D eigenvalue weighted by molar-refractivity contribution is 7.26. The summed E-state index contributed by atoms with van der Waals surface area (Å²) < 4.78 is 2.58. The van der Waals surface area contributed by atoms with E-state index in [1.165, 1.54) is 109 Å². The minimum Gasteiger partial charge on any atom is -0.376 e. The molecule has 3 heterocycles. The lowest BCUT2D eigenvalue weighted by Crippen LogP contribution is -2.61. The molecule has 0 aliphatic carbocycles. The number of hydrogen-bond donors (Lipinski definition) is 0. The van der Waals surface area contributed by atoms with Gasteiger partial charge in [-0.15, -0.1) is 11.3 Å². The number of thiophene rings is 1. The summed E-state index contributed by atoms with van der Waals surface area (Å²) in [6.07, 6.45) is 0. The lowest BCUT2D eigenvalue weighted by atomic mass is 9.43. The maximum absolute atomic E-state index is 2.70. The molecular formula is C74H70BN3S. The first-order chi connectivity index (χ1) is 37.7. The number of rotatable bonds is 6. The molecule has 0 bridgehead atoms. The summed E-state index contributed by atoms with van der Waals surface area (Å²) in [6.45, 7) is 27.5. The molecule has 5 heteroatoms. The van der Waals surface area contributed by atoms with Crippen LogP contribution in [0.4, 0.5) is 45.5 Å². The molecule has 0 N–H and O–H groups in total. The van der Waals surface area contributed by atoms with E-state index >= 15 is 0 Å². The third kappa shape index (κ3) is 8.55. The van der Waals surface area contributed by atoms with E-state index in [1.54, 1.807) is 0 Å². The lowest BCUT2D eigenvalue weighted by molar-refractivity contribution is 0.590. The fourth-order valence-electron chi connectivity index (χ4n) is 12.5. The first-order valence-electron chi connectivity index (χ1n) is 28.3. The molecule has 13 rings (SSSR count). The third-order valence-electron chi connectivity index (χ3n) is 16.9. The number of nitrogens with zero attached hydrogens (tertiary/aromatic N) is 3. The van der Waals surface area contributed by atoms with Gasteiger partial charge in [-0.1, -0.05) is 210 Å². The quantitative estimate of drug-likeness (QED) is 0.154. The van der Waals surface area contributed by atoms with Gasteiger partial charge in [0.05, 0.1) is 11.4 Å². The van der Waals surface area contributed by atoms with Crippen LogP contribution in [-0.2, 0) is 21.7 Å². The van der Waals surface area contributed by atoms with Crippen LogP contribution in [0.5, 0.6) is 0 Å². The van der Waals surface area contributed by atoms with Crippen molar-refractivity contribution in [3.05, 3.63) is 229 Å². The number of benzene rings is 10. The Morgan fingerprint density at radius 2 is 0.949 bits per heavy atom. The van der Waals surface area contributed by atoms with E-state index < -0.39 is 0 Å². The summed E-state index contributed by atoms with van der Waals surface area (Å²) >= 11 is 1.90. The second-order valence-corrected chi connectivity index (χ2v) is 27.3. The Balaban J connectivity index is 1.16. The maximum Gasteiger partial charge on any atom is 0.333 e. The Hall–Kier alpha value is -7.86. The van der Waals surface area contributed by atoms with Crippen molar-refractivity contribution < 1.29 is 0 Å². The summed E-state index contributed by atoms with van der Waals surface area (Å²) in [5.74, 6) is 0. The molecule has 390 valence electrons. The third-order valence-corrected chi connectivity index (χ3v) is 18.0. The molecule has 1 aromatic heterocycles. The standard InChI is InChI=1S/C74H70BN3S/c1-71(2,3)49-26-33-53(34-27-49)76(54-35-28-50(29-36-54)72(4,5)6)56-39-40-58-63(46-56)78(55-37-30-51(31-38-55)73(7,8)9)75-61-41-43-66-68(59-24-18-19-25-65(59)79-66)70(61)77(64-44-48-22-16-17-23-57(48)67(58)69(64)75)62-42-32-52(74(10,11)12)45-60(62)47-20-14-13-15-21-47/h13-46H,1-12H3. The van der Waals surface area contributed by atoms with Crippen molar-refractivity contribution in [3.8, 4) is 22.3 Å². The SMILES string of the molecule is CC(C)(C)c1ccc(N2B3c4ccc5sc6ccccc6c5c4N(c4ccc(C(C)(C)C)cc4-c4ccccc4)c4cc5ccccc5c(c43)-c3ccc(N(c4ccc(C(C)(C)C)cc4)c4ccc(C(C)(C)C)cc4)cc32)cc1. The van der Waals surface area contributed by atoms with Crippen LogP contribution in [0.3, 0.4) is 0 Å². The smallest absolute Gasteiger partial charge is 0.333 e. The Morgan fingerprint density at radius 3 is 1.57 bits per heavy atom. The van der Waals surface area contributed by atoms with Gasteiger partial charge in [-0.2, -0.15) is 0 Å². The Morgan fingerprint density at radius 1 is 0.405 bits per heavy atom. The lowest BCUT2D eigenvalue weighted by Gasteiger charge is -2.47. The number of hydrogen-bond acceptors (Lipinski definition) is 4. The van der Waals surface area contributed by atoms with Gasteiger partial charge in [-0.05, 0) is 156 Å². The Bertz CT molecular complexity index is 4110. The van der Waals surface area contributed by atoms with Crippen LogP contribution in [-0.4, -0.2) is 6.85 Å². The van der Waals surface area contributed by atoms with E-state index in [0.717, 1.165) is 22.7 Å². The van der Waals surface area contributed by atoms with Crippen LogP contribution in [0.15, 0.2) is 206 Å². The molecule has 0 radical (unpaired) electrons. The highest BCUT2D eigenvalue weighted by atomic mass is 32.1. The van der Waals surface area contributed by atoms with Crippen molar-refractivity contribution in [3.63, 3.8) is 0 Å². The fourth-order valence-corrected chi connectivity index (χ4v) is 13.6. The molecule has 3 nitrogen and oxygen atoms in total. The van der Waals surface area contributed by atoms with Crippen LogP contribution in [0.1, 0.15) is 105 Å². The van der Waals surface area contributed by atoms with Crippen LogP contribution in [0, 0.1) is 0 Å². The average molecular weight is 1040 g/mol. The molecule has 0 fully saturated rings. The van der Waals surface area contributed by atoms with Crippen LogP contribution < -0.4 is 25.5 Å². The average Bonchev–Trinajstić information content (AvgIpc) is 3.88. The monoisotopic (exact) mass is 1040 g/mol. The van der Waals surface area contributed by atoms with E-state index in [-0.39, 0.29) is 28.5 Å². The highest BCUT2D eigenvalue weighted by Gasteiger charge is 2.47. The zero-order valence-corrected chi connectivity index (χ0v) is 48.8. The summed E-state index contributed by atoms with van der Waals surface area (Å²) in [4.78, 5) is 7.85. The van der Waals surface area contributed by atoms with Gasteiger partial charge in [0.15, 0.2) is 0 Å². The predicted octanol–water partition coefficient (Wildman–Crippen LogP) is 20.2. The van der Waals surface area contributed by atoms with Gasteiger partial charge < -0.3 is 14.6 Å². The molecule has 10 aromatic carbocycles. The number of fused-ring (bicyclic) bond motifs is 10. The molecule has 2 aliphatic rings. The second-order valence-electron chi connectivity index (χ2n) is 26.3. The molecular weight excluding hydrogens is 974 g/mol. The van der Waals surface area contributed by atoms with Crippen LogP contribution in [0.2, 0.25) is 0 Å². The van der Waals surface area contributed by atoms with E-state index in [2.05, 4.69) is 304 Å². The van der Waals surface area contributed by atoms with Crippen molar-refractivity contribution in [2.75, 3.05) is 14.6 Å². The van der Waals surface area contributed by atoms with Gasteiger partial charge in [0.1, 0.15) is 0 Å². The Labute approximate surface area is 472 Å². The van der Waals surface area contributed by atoms with Crippen molar-refractivity contribution in [1.82, 2.24) is 0 Å². The molecule has 79 heavy (non-hydrogen) atoms. The van der Waals surface area contributed by atoms with Gasteiger partial charge in [0.25, 0.3) is 0 Å². The summed E-state index contributed by atoms with van der Waals surface area (Å²) in [7, 11) is 0. The predicted molar refractivity (Wildman–Crippen MR) is 345 cm³/mol. The van der Waals surface area contributed by atoms with Gasteiger partial charge in [0, 0.05) is 65.4 Å². The van der Waals surface area contributed by atoms with Crippen LogP contribution in [0.25, 0.3) is 53.2 Å². The summed E-state index contributed by atoms with van der Waals surface area (Å²) in [5, 5.41) is 5.05. The topological polar surface area (TPSA) is 9.72 Å². The molecule has 0 spiro atoms. The summed E-state index contributed by atoms with van der Waals surface area (Å²) in [6, 6.07) is 79.2. The van der Waals surface area contributed by atoms with Crippen molar-refractivity contribution in [1.29, 1.82) is 0 Å². The second kappa shape index (κ2) is 18.4.